The maximum Gasteiger partial charge on any atom is 0.237 e. The van der Waals surface area contributed by atoms with Gasteiger partial charge in [0.1, 0.15) is 5.69 Å². The first-order valence-corrected chi connectivity index (χ1v) is 7.71. The summed E-state index contributed by atoms with van der Waals surface area (Å²) in [5.41, 5.74) is 3.10. The van der Waals surface area contributed by atoms with Crippen molar-refractivity contribution in [3.05, 3.63) is 41.7 Å². The molecular formula is C17H21N3O2. The van der Waals surface area contributed by atoms with E-state index < -0.39 is 0 Å². The van der Waals surface area contributed by atoms with E-state index >= 15 is 0 Å². The lowest BCUT2D eigenvalue weighted by molar-refractivity contribution is -0.129. The van der Waals surface area contributed by atoms with E-state index in [4.69, 9.17) is 4.52 Å². The van der Waals surface area contributed by atoms with Gasteiger partial charge in [-0.2, -0.15) is 0 Å². The Morgan fingerprint density at radius 3 is 2.86 bits per heavy atom. The number of nitrogens with one attached hydrogen (secondary N) is 1. The first kappa shape index (κ1) is 14.8. The summed E-state index contributed by atoms with van der Waals surface area (Å²) < 4.78 is 5.46. The van der Waals surface area contributed by atoms with Crippen LogP contribution >= 0.6 is 0 Å². The van der Waals surface area contributed by atoms with Crippen LogP contribution < -0.4 is 5.32 Å². The molecule has 1 amide bonds. The largest absolute Gasteiger partial charge is 0.359 e. The average Bonchev–Trinajstić information content (AvgIpc) is 2.97. The fraction of sp³-hybridized carbons (Fsp3) is 0.412. The van der Waals surface area contributed by atoms with Crippen molar-refractivity contribution in [2.75, 3.05) is 13.1 Å². The summed E-state index contributed by atoms with van der Waals surface area (Å²) in [4.78, 5) is 14.0. The van der Waals surface area contributed by atoms with Crippen LogP contribution in [0.4, 0.5) is 0 Å². The molecule has 1 aromatic heterocycles. The molecule has 1 N–H and O–H groups in total. The maximum absolute atomic E-state index is 11.9. The number of benzene rings is 1. The first-order valence-electron chi connectivity index (χ1n) is 7.71. The van der Waals surface area contributed by atoms with Gasteiger partial charge in [0.2, 0.25) is 5.91 Å². The van der Waals surface area contributed by atoms with Gasteiger partial charge in [-0.3, -0.25) is 9.69 Å². The summed E-state index contributed by atoms with van der Waals surface area (Å²) in [6.45, 7) is 6.23. The summed E-state index contributed by atoms with van der Waals surface area (Å²) in [7, 11) is 0. The number of amides is 1. The molecule has 5 heteroatoms. The third-order valence-corrected chi connectivity index (χ3v) is 4.09. The van der Waals surface area contributed by atoms with Gasteiger partial charge in [-0.05, 0) is 13.3 Å². The van der Waals surface area contributed by atoms with Crippen LogP contribution in [0.5, 0.6) is 0 Å². The highest BCUT2D eigenvalue weighted by Gasteiger charge is 2.28. The minimum absolute atomic E-state index is 0.0818. The van der Waals surface area contributed by atoms with Gasteiger partial charge in [0.15, 0.2) is 5.76 Å². The van der Waals surface area contributed by atoms with Crippen LogP contribution in [-0.2, 0) is 11.3 Å². The Morgan fingerprint density at radius 1 is 1.36 bits per heavy atom. The lowest BCUT2D eigenvalue weighted by atomic mass is 10.1. The zero-order valence-electron chi connectivity index (χ0n) is 13.0. The van der Waals surface area contributed by atoms with Gasteiger partial charge in [0.25, 0.3) is 0 Å². The zero-order chi connectivity index (χ0) is 15.5. The number of rotatable bonds is 4. The van der Waals surface area contributed by atoms with E-state index in [1.54, 1.807) is 0 Å². The minimum atomic E-state index is -0.0818. The average molecular weight is 299 g/mol. The van der Waals surface area contributed by atoms with Gasteiger partial charge in [-0.15, -0.1) is 0 Å². The van der Waals surface area contributed by atoms with Crippen molar-refractivity contribution in [3.63, 3.8) is 0 Å². The SMILES string of the molecule is CCC1C(=O)NCCN1Cc1cc(-c2ccc(C)cc2)no1. The number of aromatic nitrogens is 1. The van der Waals surface area contributed by atoms with Crippen LogP contribution in [-0.4, -0.2) is 35.1 Å². The highest BCUT2D eigenvalue weighted by Crippen LogP contribution is 2.21. The van der Waals surface area contributed by atoms with Crippen molar-refractivity contribution in [2.24, 2.45) is 0 Å². The van der Waals surface area contributed by atoms with Crippen LogP contribution in [0, 0.1) is 6.92 Å². The van der Waals surface area contributed by atoms with Crippen LogP contribution in [0.25, 0.3) is 11.3 Å². The molecule has 116 valence electrons. The predicted octanol–water partition coefficient (Wildman–Crippen LogP) is 2.36. The Morgan fingerprint density at radius 2 is 2.14 bits per heavy atom. The summed E-state index contributed by atoms with van der Waals surface area (Å²) in [5, 5.41) is 7.06. The number of hydrogen-bond donors (Lipinski definition) is 1. The van der Waals surface area contributed by atoms with Gasteiger partial charge in [0.05, 0.1) is 12.6 Å². The van der Waals surface area contributed by atoms with Gasteiger partial charge < -0.3 is 9.84 Å². The zero-order valence-corrected chi connectivity index (χ0v) is 13.0. The molecular weight excluding hydrogens is 278 g/mol. The van der Waals surface area contributed by atoms with E-state index in [-0.39, 0.29) is 11.9 Å². The molecule has 1 aliphatic heterocycles. The van der Waals surface area contributed by atoms with Crippen molar-refractivity contribution >= 4 is 5.91 Å². The number of hydrogen-bond acceptors (Lipinski definition) is 4. The summed E-state index contributed by atoms with van der Waals surface area (Å²) in [6, 6.07) is 10.1. The fourth-order valence-corrected chi connectivity index (χ4v) is 2.84. The molecule has 3 rings (SSSR count). The lowest BCUT2D eigenvalue weighted by Crippen LogP contribution is -2.54. The molecule has 0 bridgehead atoms. The molecule has 2 heterocycles. The lowest BCUT2D eigenvalue weighted by Gasteiger charge is -2.33. The van der Waals surface area contributed by atoms with Crippen molar-refractivity contribution in [2.45, 2.75) is 32.9 Å². The molecule has 1 aliphatic rings. The van der Waals surface area contributed by atoms with E-state index in [1.807, 2.05) is 25.1 Å². The van der Waals surface area contributed by atoms with E-state index in [9.17, 15) is 4.79 Å². The smallest absolute Gasteiger partial charge is 0.237 e. The van der Waals surface area contributed by atoms with Gasteiger partial charge in [-0.25, -0.2) is 0 Å². The van der Waals surface area contributed by atoms with Gasteiger partial charge in [0, 0.05) is 24.7 Å². The maximum atomic E-state index is 11.9. The standard InChI is InChI=1S/C17H21N3O2/c1-3-16-17(21)18-8-9-20(16)11-14-10-15(19-22-14)13-6-4-12(2)5-7-13/h4-7,10,16H,3,8-9,11H2,1-2H3,(H,18,21). The molecule has 1 aromatic carbocycles. The van der Waals surface area contributed by atoms with Crippen molar-refractivity contribution in [3.8, 4) is 11.3 Å². The summed E-state index contributed by atoms with van der Waals surface area (Å²) in [5.74, 6) is 0.899. The van der Waals surface area contributed by atoms with Crippen molar-refractivity contribution in [1.82, 2.24) is 15.4 Å². The topological polar surface area (TPSA) is 58.4 Å². The second-order valence-electron chi connectivity index (χ2n) is 5.73. The molecule has 2 aromatic rings. The molecule has 22 heavy (non-hydrogen) atoms. The Balaban J connectivity index is 1.73. The normalized spacial score (nSPS) is 19.2. The highest BCUT2D eigenvalue weighted by molar-refractivity contribution is 5.82. The molecule has 5 nitrogen and oxygen atoms in total. The van der Waals surface area contributed by atoms with Gasteiger partial charge in [-0.1, -0.05) is 41.9 Å². The van der Waals surface area contributed by atoms with Crippen LogP contribution in [0.3, 0.4) is 0 Å². The second-order valence-corrected chi connectivity index (χ2v) is 5.73. The van der Waals surface area contributed by atoms with Crippen LogP contribution in [0.1, 0.15) is 24.7 Å². The van der Waals surface area contributed by atoms with Crippen molar-refractivity contribution in [1.29, 1.82) is 0 Å². The Hall–Kier alpha value is -2.14. The second kappa shape index (κ2) is 6.32. The van der Waals surface area contributed by atoms with Crippen LogP contribution in [0.15, 0.2) is 34.9 Å². The third kappa shape index (κ3) is 3.04. The summed E-state index contributed by atoms with van der Waals surface area (Å²) in [6.07, 6.45) is 0.796. The van der Waals surface area contributed by atoms with E-state index in [0.29, 0.717) is 13.1 Å². The van der Waals surface area contributed by atoms with E-state index in [0.717, 1.165) is 30.0 Å². The molecule has 0 spiro atoms. The number of carbonyl (C=O) groups is 1. The monoisotopic (exact) mass is 299 g/mol. The molecule has 1 saturated heterocycles. The van der Waals surface area contributed by atoms with E-state index in [1.165, 1.54) is 5.56 Å². The third-order valence-electron chi connectivity index (χ3n) is 4.09. The number of piperazine rings is 1. The molecule has 0 saturated carbocycles. The van der Waals surface area contributed by atoms with Crippen molar-refractivity contribution < 1.29 is 9.32 Å². The molecule has 0 radical (unpaired) electrons. The van der Waals surface area contributed by atoms with Gasteiger partial charge >= 0.3 is 0 Å². The Bertz CT molecular complexity index is 648. The first-order chi connectivity index (χ1) is 10.7. The molecule has 1 fully saturated rings. The molecule has 0 aliphatic carbocycles. The Kier molecular flexibility index (Phi) is 4.24. The minimum Gasteiger partial charge on any atom is -0.359 e. The number of carbonyl (C=O) groups excluding carboxylic acids is 1. The highest BCUT2D eigenvalue weighted by atomic mass is 16.5. The number of aryl methyl sites for hydroxylation is 1. The number of nitrogens with zero attached hydrogens (tertiary/aromatic N) is 2. The molecule has 1 atom stereocenters. The molecule has 1 unspecified atom stereocenters. The predicted molar refractivity (Wildman–Crippen MR) is 84.2 cm³/mol. The quantitative estimate of drug-likeness (QED) is 0.941. The van der Waals surface area contributed by atoms with E-state index in [2.05, 4.69) is 34.4 Å². The Labute approximate surface area is 130 Å². The van der Waals surface area contributed by atoms with Crippen LogP contribution in [0.2, 0.25) is 0 Å². The summed E-state index contributed by atoms with van der Waals surface area (Å²) >= 11 is 0. The fourth-order valence-electron chi connectivity index (χ4n) is 2.84.